The highest BCUT2D eigenvalue weighted by Crippen LogP contribution is 2.40. The fraction of sp³-hybridized carbons (Fsp3) is 0.222. The lowest BCUT2D eigenvalue weighted by molar-refractivity contribution is 0.324. The Hall–Kier alpha value is -3.42. The second-order valence-corrected chi connectivity index (χ2v) is 5.29. The van der Waals surface area contributed by atoms with Crippen molar-refractivity contribution in [3.05, 3.63) is 53.0 Å². The van der Waals surface area contributed by atoms with Crippen LogP contribution in [0.4, 0.5) is 5.69 Å². The summed E-state index contributed by atoms with van der Waals surface area (Å²) in [7, 11) is 4.55. The smallest absolute Gasteiger partial charge is 0.439 e. The molecule has 0 aliphatic carbocycles. The topological polar surface area (TPSA) is 87.8 Å². The van der Waals surface area contributed by atoms with Crippen LogP contribution < -0.4 is 25.3 Å². The molecule has 0 amide bonds. The van der Waals surface area contributed by atoms with Crippen molar-refractivity contribution in [2.24, 2.45) is 0 Å². The number of anilines is 1. The summed E-state index contributed by atoms with van der Waals surface area (Å²) >= 11 is 0. The van der Waals surface area contributed by atoms with Crippen LogP contribution in [0.1, 0.15) is 0 Å². The van der Waals surface area contributed by atoms with E-state index in [4.69, 9.17) is 18.6 Å². The maximum Gasteiger partial charge on any atom is 0.439 e. The quantitative estimate of drug-likeness (QED) is 0.695. The van der Waals surface area contributed by atoms with Crippen LogP contribution in [0.15, 0.2) is 51.7 Å². The minimum atomic E-state index is -0.572. The van der Waals surface area contributed by atoms with Gasteiger partial charge >= 0.3 is 5.76 Å². The Labute approximate surface area is 149 Å². The van der Waals surface area contributed by atoms with E-state index < -0.39 is 5.76 Å². The van der Waals surface area contributed by atoms with Crippen molar-refractivity contribution in [1.82, 2.24) is 9.78 Å². The van der Waals surface area contributed by atoms with Crippen molar-refractivity contribution in [2.75, 3.05) is 26.6 Å². The Balaban J connectivity index is 1.90. The summed E-state index contributed by atoms with van der Waals surface area (Å²) in [6.45, 7) is 0.177. The summed E-state index contributed by atoms with van der Waals surface area (Å²) in [6, 6.07) is 12.8. The number of hydrogen-bond donors (Lipinski definition) is 1. The van der Waals surface area contributed by atoms with Crippen LogP contribution in [0.25, 0.3) is 11.5 Å². The number of rotatable bonds is 7. The van der Waals surface area contributed by atoms with E-state index in [-0.39, 0.29) is 12.6 Å². The molecule has 0 atom stereocenters. The maximum atomic E-state index is 12.1. The fourth-order valence-corrected chi connectivity index (χ4v) is 2.45. The van der Waals surface area contributed by atoms with Crippen LogP contribution in [-0.2, 0) is 6.67 Å². The molecular weight excluding hydrogens is 338 g/mol. The molecule has 8 nitrogen and oxygen atoms in total. The number of aromatic nitrogens is 2. The second-order valence-electron chi connectivity index (χ2n) is 5.29. The van der Waals surface area contributed by atoms with Crippen LogP contribution >= 0.6 is 0 Å². The van der Waals surface area contributed by atoms with Gasteiger partial charge in [0.15, 0.2) is 11.5 Å². The third kappa shape index (κ3) is 3.49. The first-order valence-corrected chi connectivity index (χ1v) is 7.83. The molecule has 0 aliphatic heterocycles. The van der Waals surface area contributed by atoms with Crippen molar-refractivity contribution in [1.29, 1.82) is 0 Å². The highest BCUT2D eigenvalue weighted by atomic mass is 16.5. The fourth-order valence-electron chi connectivity index (χ4n) is 2.45. The summed E-state index contributed by atoms with van der Waals surface area (Å²) < 4.78 is 22.4. The lowest BCUT2D eigenvalue weighted by Crippen LogP contribution is -2.20. The summed E-state index contributed by atoms with van der Waals surface area (Å²) in [5.74, 6) is 0.926. The van der Waals surface area contributed by atoms with E-state index in [1.807, 2.05) is 30.3 Å². The molecular formula is C18H19N3O5. The third-order valence-corrected chi connectivity index (χ3v) is 3.72. The van der Waals surface area contributed by atoms with Gasteiger partial charge in [0, 0.05) is 11.3 Å². The predicted octanol–water partition coefficient (Wildman–Crippen LogP) is 2.60. The van der Waals surface area contributed by atoms with Gasteiger partial charge in [-0.3, -0.25) is 0 Å². The Morgan fingerprint density at radius 3 is 2.27 bits per heavy atom. The lowest BCUT2D eigenvalue weighted by atomic mass is 10.2. The largest absolute Gasteiger partial charge is 0.493 e. The van der Waals surface area contributed by atoms with E-state index in [1.165, 1.54) is 26.0 Å². The summed E-state index contributed by atoms with van der Waals surface area (Å²) in [6.07, 6.45) is 0. The molecule has 0 aliphatic rings. The monoisotopic (exact) mass is 357 g/mol. The van der Waals surface area contributed by atoms with Crippen molar-refractivity contribution in [2.45, 2.75) is 6.67 Å². The molecule has 0 fully saturated rings. The molecule has 26 heavy (non-hydrogen) atoms. The number of nitrogens with zero attached hydrogens (tertiary/aromatic N) is 2. The van der Waals surface area contributed by atoms with Crippen LogP contribution in [-0.4, -0.2) is 31.1 Å². The van der Waals surface area contributed by atoms with Gasteiger partial charge in [-0.15, -0.1) is 5.10 Å². The highest BCUT2D eigenvalue weighted by molar-refractivity contribution is 5.65. The first-order valence-electron chi connectivity index (χ1n) is 7.83. The molecule has 3 rings (SSSR count). The molecule has 0 spiro atoms. The summed E-state index contributed by atoms with van der Waals surface area (Å²) in [5, 5.41) is 7.33. The molecule has 1 aromatic heterocycles. The zero-order chi connectivity index (χ0) is 18.5. The molecule has 0 radical (unpaired) electrons. The van der Waals surface area contributed by atoms with Gasteiger partial charge in [-0.25, -0.2) is 4.79 Å². The molecule has 0 unspecified atom stereocenters. The molecule has 136 valence electrons. The Morgan fingerprint density at radius 1 is 1.04 bits per heavy atom. The van der Waals surface area contributed by atoms with Gasteiger partial charge in [0.2, 0.25) is 11.6 Å². The average Bonchev–Trinajstić information content (AvgIpc) is 3.06. The molecule has 0 saturated heterocycles. The number of ether oxygens (including phenoxy) is 3. The molecule has 2 aromatic carbocycles. The van der Waals surface area contributed by atoms with Crippen LogP contribution in [0.3, 0.4) is 0 Å². The highest BCUT2D eigenvalue weighted by Gasteiger charge is 2.18. The number of hydrogen-bond acceptors (Lipinski definition) is 7. The number of para-hydroxylation sites is 1. The SMILES string of the molecule is COc1cc(-c2nn(CNc3ccccc3)c(=O)o2)cc(OC)c1OC. The van der Waals surface area contributed by atoms with Gasteiger partial charge in [-0.05, 0) is 24.3 Å². The molecule has 1 N–H and O–H groups in total. The van der Waals surface area contributed by atoms with Crippen molar-refractivity contribution in [3.8, 4) is 28.7 Å². The Bertz CT molecular complexity index is 908. The molecule has 1 heterocycles. The minimum absolute atomic E-state index is 0.157. The molecule has 8 heteroatoms. The van der Waals surface area contributed by atoms with Gasteiger partial charge in [0.25, 0.3) is 0 Å². The predicted molar refractivity (Wildman–Crippen MR) is 95.9 cm³/mol. The zero-order valence-corrected chi connectivity index (χ0v) is 14.7. The third-order valence-electron chi connectivity index (χ3n) is 3.72. The molecule has 0 saturated carbocycles. The van der Waals surface area contributed by atoms with Crippen molar-refractivity contribution < 1.29 is 18.6 Å². The van der Waals surface area contributed by atoms with E-state index in [0.29, 0.717) is 22.8 Å². The normalized spacial score (nSPS) is 10.4. The second kappa shape index (κ2) is 7.64. The van der Waals surface area contributed by atoms with Crippen molar-refractivity contribution >= 4 is 5.69 Å². The van der Waals surface area contributed by atoms with E-state index in [1.54, 1.807) is 12.1 Å². The van der Waals surface area contributed by atoms with E-state index >= 15 is 0 Å². The van der Waals surface area contributed by atoms with Crippen LogP contribution in [0.5, 0.6) is 17.2 Å². The first-order chi connectivity index (χ1) is 12.7. The van der Waals surface area contributed by atoms with Gasteiger partial charge in [0.05, 0.1) is 21.3 Å². The first kappa shape index (κ1) is 17.4. The Morgan fingerprint density at radius 2 is 1.69 bits per heavy atom. The standard InChI is InChI=1S/C18H19N3O5/c1-23-14-9-12(10-15(24-2)16(14)25-3)17-20-21(18(22)26-17)11-19-13-7-5-4-6-8-13/h4-10,19H,11H2,1-3H3. The van der Waals surface area contributed by atoms with Gasteiger partial charge in [-0.2, -0.15) is 4.68 Å². The number of methoxy groups -OCH3 is 3. The van der Waals surface area contributed by atoms with E-state index in [0.717, 1.165) is 5.69 Å². The number of benzene rings is 2. The summed E-state index contributed by atoms with van der Waals surface area (Å²) in [5.41, 5.74) is 1.41. The molecule has 0 bridgehead atoms. The minimum Gasteiger partial charge on any atom is -0.493 e. The summed E-state index contributed by atoms with van der Waals surface area (Å²) in [4.78, 5) is 12.1. The average molecular weight is 357 g/mol. The van der Waals surface area contributed by atoms with Crippen molar-refractivity contribution in [3.63, 3.8) is 0 Å². The molecule has 3 aromatic rings. The maximum absolute atomic E-state index is 12.1. The van der Waals surface area contributed by atoms with Gasteiger partial charge in [-0.1, -0.05) is 18.2 Å². The van der Waals surface area contributed by atoms with Gasteiger partial charge in [0.1, 0.15) is 6.67 Å². The van der Waals surface area contributed by atoms with Gasteiger partial charge < -0.3 is 23.9 Å². The number of nitrogens with one attached hydrogen (secondary N) is 1. The van der Waals surface area contributed by atoms with E-state index in [2.05, 4.69) is 10.4 Å². The van der Waals surface area contributed by atoms with Crippen LogP contribution in [0.2, 0.25) is 0 Å². The Kier molecular flexibility index (Phi) is 5.12. The van der Waals surface area contributed by atoms with Crippen LogP contribution in [0, 0.1) is 0 Å². The zero-order valence-electron chi connectivity index (χ0n) is 14.7. The van der Waals surface area contributed by atoms with E-state index in [9.17, 15) is 4.79 Å². The lowest BCUT2D eigenvalue weighted by Gasteiger charge is -2.12.